The molecule has 6 rings (SSSR count). The van der Waals surface area contributed by atoms with Crippen LogP contribution >= 0.6 is 46.4 Å². The van der Waals surface area contributed by atoms with Crippen molar-refractivity contribution in [1.29, 1.82) is 0 Å². The highest BCUT2D eigenvalue weighted by atomic mass is 35.5. The van der Waals surface area contributed by atoms with E-state index >= 15 is 0 Å². The van der Waals surface area contributed by atoms with E-state index in [1.807, 2.05) is 72.8 Å². The molecule has 4 aromatic carbocycles. The molecule has 0 bridgehead atoms. The Morgan fingerprint density at radius 3 is 1.15 bits per heavy atom. The van der Waals surface area contributed by atoms with Gasteiger partial charge in [-0.25, -0.2) is 0 Å². The number of rotatable bonds is 5. The van der Waals surface area contributed by atoms with Gasteiger partial charge in [0, 0.05) is 70.4 Å². The van der Waals surface area contributed by atoms with Crippen LogP contribution in [-0.2, 0) is 14.1 Å². The molecule has 0 saturated heterocycles. The third-order valence-electron chi connectivity index (χ3n) is 7.59. The van der Waals surface area contributed by atoms with E-state index in [-0.39, 0.29) is 0 Å². The van der Waals surface area contributed by atoms with Crippen molar-refractivity contribution in [3.8, 4) is 11.4 Å². The van der Waals surface area contributed by atoms with Crippen molar-refractivity contribution in [1.82, 2.24) is 9.13 Å². The van der Waals surface area contributed by atoms with Crippen LogP contribution in [-0.4, -0.2) is 23.2 Å². The average Bonchev–Trinajstić information content (AvgIpc) is 3.37. The second-order valence-electron chi connectivity index (χ2n) is 9.91. The summed E-state index contributed by atoms with van der Waals surface area (Å²) in [6.07, 6.45) is 0. The van der Waals surface area contributed by atoms with Crippen molar-refractivity contribution >= 4 is 91.0 Å². The topological polar surface area (TPSA) is 16.3 Å². The van der Waals surface area contributed by atoms with Crippen LogP contribution in [0.25, 0.3) is 33.2 Å². The van der Waals surface area contributed by atoms with Crippen LogP contribution in [0.5, 0.6) is 0 Å². The third kappa shape index (κ3) is 4.40. The largest absolute Gasteiger partial charge is 0.342 e. The summed E-state index contributed by atoms with van der Waals surface area (Å²) >= 11 is 25.6. The Kier molecular flexibility index (Phi) is 6.92. The van der Waals surface area contributed by atoms with Crippen LogP contribution in [0.3, 0.4) is 0 Å². The molecule has 4 nitrogen and oxygen atoms in total. The average molecular weight is 608 g/mol. The van der Waals surface area contributed by atoms with E-state index in [9.17, 15) is 0 Å². The van der Waals surface area contributed by atoms with Gasteiger partial charge in [0.05, 0.1) is 33.8 Å². The Hall–Kier alpha value is -3.28. The summed E-state index contributed by atoms with van der Waals surface area (Å²) in [5.41, 5.74) is 8.30. The maximum atomic E-state index is 6.57. The number of aromatic nitrogens is 2. The van der Waals surface area contributed by atoms with Gasteiger partial charge in [-0.2, -0.15) is 0 Å². The minimum atomic E-state index is 0.678. The molecule has 0 N–H and O–H groups in total. The van der Waals surface area contributed by atoms with E-state index in [2.05, 4.69) is 59.3 Å². The van der Waals surface area contributed by atoms with Gasteiger partial charge in [0.1, 0.15) is 0 Å². The van der Waals surface area contributed by atoms with E-state index in [0.29, 0.717) is 20.1 Å². The molecule has 0 unspecified atom stereocenters. The highest BCUT2D eigenvalue weighted by Gasteiger charge is 2.29. The molecule has 0 aliphatic heterocycles. The Bertz CT molecular complexity index is 1750. The lowest BCUT2D eigenvalue weighted by atomic mass is 10.1. The molecule has 0 aliphatic rings. The van der Waals surface area contributed by atoms with Crippen LogP contribution in [0.2, 0.25) is 20.1 Å². The fourth-order valence-corrected chi connectivity index (χ4v) is 6.20. The zero-order valence-electron chi connectivity index (χ0n) is 22.4. The van der Waals surface area contributed by atoms with Crippen LogP contribution in [0.1, 0.15) is 0 Å². The maximum Gasteiger partial charge on any atom is 0.0919 e. The van der Waals surface area contributed by atoms with E-state index in [4.69, 9.17) is 46.4 Å². The second-order valence-corrected chi connectivity index (χ2v) is 11.7. The van der Waals surface area contributed by atoms with Gasteiger partial charge in [0.2, 0.25) is 0 Å². The van der Waals surface area contributed by atoms with Crippen molar-refractivity contribution in [2.75, 3.05) is 23.9 Å². The molecular weight excluding hydrogens is 582 g/mol. The number of halogens is 4. The van der Waals surface area contributed by atoms with Gasteiger partial charge in [-0.15, -0.1) is 0 Å². The SMILES string of the molecule is CN(c1ccc(Cl)cc1)c1c(-c2c(N(C)c3ccc(Cl)cc3)c3cc(Cl)ccc3n2C)n(C)c2ccc(Cl)cc12. The van der Waals surface area contributed by atoms with Gasteiger partial charge in [0.25, 0.3) is 0 Å². The summed E-state index contributed by atoms with van der Waals surface area (Å²) in [4.78, 5) is 4.39. The number of fused-ring (bicyclic) bond motifs is 2. The van der Waals surface area contributed by atoms with Crippen molar-refractivity contribution in [2.24, 2.45) is 14.1 Å². The Morgan fingerprint density at radius 2 is 0.800 bits per heavy atom. The van der Waals surface area contributed by atoms with Crippen LogP contribution in [0.15, 0.2) is 84.9 Å². The lowest BCUT2D eigenvalue weighted by Gasteiger charge is -2.25. The molecule has 0 amide bonds. The molecule has 2 heterocycles. The van der Waals surface area contributed by atoms with Crippen molar-refractivity contribution < 1.29 is 0 Å². The van der Waals surface area contributed by atoms with Crippen LogP contribution < -0.4 is 9.80 Å². The Morgan fingerprint density at radius 1 is 0.475 bits per heavy atom. The predicted molar refractivity (Wildman–Crippen MR) is 174 cm³/mol. The first-order chi connectivity index (χ1) is 19.2. The van der Waals surface area contributed by atoms with E-state index in [1.54, 1.807) is 0 Å². The summed E-state index contributed by atoms with van der Waals surface area (Å²) in [5, 5.41) is 4.83. The van der Waals surface area contributed by atoms with Gasteiger partial charge in [-0.1, -0.05) is 46.4 Å². The van der Waals surface area contributed by atoms with Crippen molar-refractivity contribution in [3.05, 3.63) is 105 Å². The number of aryl methyl sites for hydroxylation is 2. The summed E-state index contributed by atoms with van der Waals surface area (Å²) in [7, 11) is 8.35. The van der Waals surface area contributed by atoms with Crippen LogP contribution in [0, 0.1) is 0 Å². The fraction of sp³-hybridized carbons (Fsp3) is 0.125. The molecular formula is C32H26Cl4N4. The molecule has 0 saturated carbocycles. The molecule has 8 heteroatoms. The number of anilines is 4. The number of benzene rings is 4. The van der Waals surface area contributed by atoms with Gasteiger partial charge in [-0.05, 0) is 84.9 Å². The normalized spacial score (nSPS) is 11.5. The highest BCUT2D eigenvalue weighted by Crippen LogP contribution is 2.50. The first-order valence-corrected chi connectivity index (χ1v) is 14.2. The standard InChI is InChI=1S/C32H26Cl4N4/c1-37(23-11-5-19(33)6-12-23)29-25-17-21(35)9-15-27(25)39(3)31(29)32-30(38(2)24-13-7-20(34)8-14-24)26-18-22(36)10-16-28(26)40(32)4/h5-18H,1-4H3. The smallest absolute Gasteiger partial charge is 0.0919 e. The van der Waals surface area contributed by atoms with Gasteiger partial charge in [-0.3, -0.25) is 0 Å². The zero-order valence-corrected chi connectivity index (χ0v) is 25.4. The first kappa shape index (κ1) is 26.9. The predicted octanol–water partition coefficient (Wildman–Crippen LogP) is 10.5. The van der Waals surface area contributed by atoms with E-state index in [1.165, 1.54) is 0 Å². The van der Waals surface area contributed by atoms with Crippen molar-refractivity contribution in [2.45, 2.75) is 0 Å². The summed E-state index contributed by atoms with van der Waals surface area (Å²) in [5.74, 6) is 0. The lowest BCUT2D eigenvalue weighted by molar-refractivity contribution is 0.919. The molecule has 0 spiro atoms. The first-order valence-electron chi connectivity index (χ1n) is 12.7. The Labute approximate surface area is 253 Å². The molecule has 0 fully saturated rings. The van der Waals surface area contributed by atoms with Crippen molar-refractivity contribution in [3.63, 3.8) is 0 Å². The van der Waals surface area contributed by atoms with Gasteiger partial charge < -0.3 is 18.9 Å². The summed E-state index contributed by atoms with van der Waals surface area (Å²) in [6.45, 7) is 0. The molecule has 0 aliphatic carbocycles. The number of hydrogen-bond donors (Lipinski definition) is 0. The second kappa shape index (κ2) is 10.3. The molecule has 202 valence electrons. The molecule has 40 heavy (non-hydrogen) atoms. The van der Waals surface area contributed by atoms with E-state index < -0.39 is 0 Å². The Balaban J connectivity index is 1.72. The minimum absolute atomic E-state index is 0.678. The van der Waals surface area contributed by atoms with E-state index in [0.717, 1.165) is 55.9 Å². The fourth-order valence-electron chi connectivity index (χ4n) is 5.60. The maximum absolute atomic E-state index is 6.57. The minimum Gasteiger partial charge on any atom is -0.342 e. The molecule has 2 aromatic heterocycles. The van der Waals surface area contributed by atoms with Crippen LogP contribution in [0.4, 0.5) is 22.7 Å². The lowest BCUT2D eigenvalue weighted by Crippen LogP contribution is -2.14. The molecule has 0 radical (unpaired) electrons. The third-order valence-corrected chi connectivity index (χ3v) is 8.57. The zero-order chi connectivity index (χ0) is 28.3. The number of nitrogens with zero attached hydrogens (tertiary/aromatic N) is 4. The summed E-state index contributed by atoms with van der Waals surface area (Å²) < 4.78 is 4.48. The van der Waals surface area contributed by atoms with Gasteiger partial charge in [0.15, 0.2) is 0 Å². The number of hydrogen-bond acceptors (Lipinski definition) is 2. The summed E-state index contributed by atoms with van der Waals surface area (Å²) in [6, 6.07) is 27.8. The molecule has 6 aromatic rings. The monoisotopic (exact) mass is 606 g/mol. The quantitative estimate of drug-likeness (QED) is 0.194. The van der Waals surface area contributed by atoms with Gasteiger partial charge >= 0.3 is 0 Å². The molecule has 0 atom stereocenters. The highest BCUT2D eigenvalue weighted by molar-refractivity contribution is 6.32.